The molecule has 304 valence electrons. The van der Waals surface area contributed by atoms with E-state index >= 15 is 0 Å². The molecule has 0 spiro atoms. The number of quaternary nitrogens is 2. The van der Waals surface area contributed by atoms with Crippen molar-refractivity contribution in [2.75, 3.05) is 0 Å². The molecule has 0 aliphatic carbocycles. The van der Waals surface area contributed by atoms with E-state index in [1.807, 2.05) is 0 Å². The van der Waals surface area contributed by atoms with E-state index in [2.05, 4.69) is 86.8 Å². The highest BCUT2D eigenvalue weighted by molar-refractivity contribution is 7.87. The summed E-state index contributed by atoms with van der Waals surface area (Å²) in [6.45, 7) is 12.5. The summed E-state index contributed by atoms with van der Waals surface area (Å²) < 4.78 is 132. The summed E-state index contributed by atoms with van der Waals surface area (Å²) in [6.07, 6.45) is 0. The van der Waals surface area contributed by atoms with Crippen LogP contribution in [0, 0.1) is 0 Å². The number of hydrogen-bond acceptors (Lipinski definition) is 12. The summed E-state index contributed by atoms with van der Waals surface area (Å²) in [5, 5.41) is 8.85. The molecule has 18 N–H and O–H groups in total. The zero-order valence-electron chi connectivity index (χ0n) is 30.3. The van der Waals surface area contributed by atoms with E-state index in [1.165, 1.54) is 48.5 Å². The average molecular weight is 841 g/mol. The molecule has 0 heterocycles. The monoisotopic (exact) mass is 840 g/mol. The van der Waals surface area contributed by atoms with Crippen molar-refractivity contribution in [3.05, 3.63) is 72.8 Å². The molecular formula is C30H48N8O12S4. The van der Waals surface area contributed by atoms with Gasteiger partial charge in [-0.25, -0.2) is 33.7 Å². The highest BCUT2D eigenvalue weighted by atomic mass is 32.2. The molecule has 0 saturated carbocycles. The lowest BCUT2D eigenvalue weighted by atomic mass is 10.1. The molecule has 54 heavy (non-hydrogen) atoms. The molecule has 4 rings (SSSR count). The molecule has 0 saturated heterocycles. The summed E-state index contributed by atoms with van der Waals surface area (Å²) in [6, 6.07) is 14.2. The lowest BCUT2D eigenvalue weighted by Crippen LogP contribution is -2.67. The number of guanidine groups is 2. The lowest BCUT2D eigenvalue weighted by Gasteiger charge is -2.14. The van der Waals surface area contributed by atoms with E-state index in [4.69, 9.17) is 0 Å². The molecule has 4 aromatic carbocycles. The van der Waals surface area contributed by atoms with Crippen molar-refractivity contribution in [2.45, 2.75) is 72.2 Å². The van der Waals surface area contributed by atoms with Gasteiger partial charge in [0.25, 0.3) is 0 Å². The molecule has 0 fully saturated rings. The largest absolute Gasteiger partial charge is 0.744 e. The van der Waals surface area contributed by atoms with Gasteiger partial charge in [0.05, 0.1) is 30.7 Å². The van der Waals surface area contributed by atoms with Crippen LogP contribution in [0.15, 0.2) is 92.4 Å². The minimum Gasteiger partial charge on any atom is -0.744 e. The van der Waals surface area contributed by atoms with Gasteiger partial charge in [-0.15, -0.1) is 0 Å². The van der Waals surface area contributed by atoms with Crippen LogP contribution in [-0.4, -0.2) is 74.9 Å². The average Bonchev–Trinajstić information content (AvgIpc) is 2.92. The number of rotatable bonds is 4. The third-order valence-electron chi connectivity index (χ3n) is 4.76. The number of nitrogens with two attached hydrogens (primary N) is 6. The van der Waals surface area contributed by atoms with E-state index in [0.717, 1.165) is 24.3 Å². The first-order valence-corrected chi connectivity index (χ1v) is 20.4. The number of hydrogen-bond donors (Lipinski definition) is 8. The van der Waals surface area contributed by atoms with Crippen molar-refractivity contribution in [1.82, 2.24) is 0 Å². The summed E-state index contributed by atoms with van der Waals surface area (Å²) in [5.74, 6) is -0.167. The highest BCUT2D eigenvalue weighted by Crippen LogP contribution is 2.29. The summed E-state index contributed by atoms with van der Waals surface area (Å²) in [5.41, 5.74) is 26.4. The maximum atomic E-state index is 11.0. The molecule has 4 aromatic rings. The first kappa shape index (κ1) is 51.6. The normalized spacial score (nSPS) is 11.6. The molecule has 0 amide bonds. The zero-order chi connectivity index (χ0) is 43.3. The maximum absolute atomic E-state index is 11.0. The Hall–Kier alpha value is -4.50. The van der Waals surface area contributed by atoms with Gasteiger partial charge in [-0.3, -0.25) is 33.8 Å². The van der Waals surface area contributed by atoms with Gasteiger partial charge in [0, 0.05) is 21.5 Å². The maximum Gasteiger partial charge on any atom is 0.336 e. The molecule has 0 unspecified atom stereocenters. The fourth-order valence-corrected chi connectivity index (χ4v) is 6.15. The second kappa shape index (κ2) is 20.3. The fraction of sp³-hybridized carbons (Fsp3) is 0.267. The quantitative estimate of drug-likeness (QED) is 0.0544. The van der Waals surface area contributed by atoms with Crippen LogP contribution in [0.25, 0.3) is 21.5 Å². The van der Waals surface area contributed by atoms with Crippen LogP contribution in [-0.2, 0) is 40.5 Å². The van der Waals surface area contributed by atoms with Crippen molar-refractivity contribution in [3.63, 3.8) is 0 Å². The van der Waals surface area contributed by atoms with Crippen molar-refractivity contribution < 1.29 is 74.2 Å². The van der Waals surface area contributed by atoms with Crippen LogP contribution in [0.2, 0.25) is 0 Å². The van der Waals surface area contributed by atoms with Crippen LogP contribution >= 0.6 is 0 Å². The molecule has 0 aliphatic heterocycles. The van der Waals surface area contributed by atoms with Crippen molar-refractivity contribution in [3.8, 4) is 0 Å². The lowest BCUT2D eigenvalue weighted by molar-refractivity contribution is -0.459. The van der Waals surface area contributed by atoms with E-state index in [0.29, 0.717) is 0 Å². The minimum atomic E-state index is -4.74. The van der Waals surface area contributed by atoms with E-state index < -0.39 is 60.1 Å². The van der Waals surface area contributed by atoms with Crippen LogP contribution in [0.5, 0.6) is 0 Å². The SMILES string of the molecule is CC(C)(C)[NH3+].CC(C)(C)[NH3+].NC(N)=[NH2+].NC(N)=[NH2+].O=S(=O)([O-])c1cccc2c(S(=O)(=O)[O-])cccc12.O=S(=O)([O-])c1cccc2c(S(=O)(=O)[O-])cccc12. The van der Waals surface area contributed by atoms with Crippen LogP contribution < -0.4 is 45.2 Å². The molecule has 24 heteroatoms. The molecule has 0 aliphatic rings. The Morgan fingerprint density at radius 1 is 0.444 bits per heavy atom. The number of fused-ring (bicyclic) bond motifs is 2. The fourth-order valence-electron chi connectivity index (χ4n) is 3.38. The summed E-state index contributed by atoms with van der Waals surface area (Å²) in [7, 11) is -19.0. The van der Waals surface area contributed by atoms with Gasteiger partial charge in [0.1, 0.15) is 40.5 Å². The Labute approximate surface area is 314 Å². The molecule has 0 atom stereocenters. The van der Waals surface area contributed by atoms with Crippen LogP contribution in [0.3, 0.4) is 0 Å². The van der Waals surface area contributed by atoms with Gasteiger partial charge in [-0.05, 0) is 65.8 Å². The first-order valence-electron chi connectivity index (χ1n) is 14.7. The van der Waals surface area contributed by atoms with Crippen molar-refractivity contribution >= 4 is 73.9 Å². The van der Waals surface area contributed by atoms with Gasteiger partial charge in [-0.2, -0.15) is 0 Å². The topological polar surface area (TPSA) is 439 Å². The standard InChI is InChI=1S/2C10H8O6S2.2C4H11N.2CH5N3/c2*11-17(12,13)9-5-1-3-7-8(9)4-2-6-10(7)18(14,15)16;2*1-4(2,3)5;2*2-1(3)4/h2*1-6H,(H,11,12,13)(H,14,15,16);2*5H2,1-3H3;2*(H5,2,3,4). The Balaban J connectivity index is 0. The van der Waals surface area contributed by atoms with E-state index in [9.17, 15) is 51.9 Å². The van der Waals surface area contributed by atoms with Gasteiger partial charge < -0.3 is 29.7 Å². The van der Waals surface area contributed by atoms with Gasteiger partial charge >= 0.3 is 11.9 Å². The van der Waals surface area contributed by atoms with Crippen molar-refractivity contribution in [2.24, 2.45) is 22.9 Å². The number of benzene rings is 4. The molecule has 0 radical (unpaired) electrons. The Bertz CT molecular complexity index is 2030. The third-order valence-corrected chi connectivity index (χ3v) is 8.34. The van der Waals surface area contributed by atoms with E-state index in [1.54, 1.807) is 0 Å². The molecular weight excluding hydrogens is 793 g/mol. The predicted molar refractivity (Wildman–Crippen MR) is 196 cm³/mol. The molecule has 20 nitrogen and oxygen atoms in total. The smallest absolute Gasteiger partial charge is 0.336 e. The Kier molecular flexibility index (Phi) is 19.4. The third kappa shape index (κ3) is 22.5. The van der Waals surface area contributed by atoms with Crippen molar-refractivity contribution in [1.29, 1.82) is 0 Å². The van der Waals surface area contributed by atoms with Gasteiger partial charge in [0.2, 0.25) is 0 Å². The van der Waals surface area contributed by atoms with Crippen LogP contribution in [0.1, 0.15) is 41.5 Å². The zero-order valence-corrected chi connectivity index (χ0v) is 33.6. The highest BCUT2D eigenvalue weighted by Gasteiger charge is 2.13. The predicted octanol–water partition coefficient (Wildman–Crippen LogP) is -4.61. The second-order valence-corrected chi connectivity index (χ2v) is 18.5. The Morgan fingerprint density at radius 3 is 0.648 bits per heavy atom. The minimum absolute atomic E-state index is 0.0792. The van der Waals surface area contributed by atoms with Crippen LogP contribution in [0.4, 0.5) is 0 Å². The molecule has 0 aromatic heterocycles. The summed E-state index contributed by atoms with van der Waals surface area (Å²) in [4.78, 5) is -2.20. The summed E-state index contributed by atoms with van der Waals surface area (Å²) >= 11 is 0. The van der Waals surface area contributed by atoms with Gasteiger partial charge in [-0.1, -0.05) is 48.5 Å². The van der Waals surface area contributed by atoms with Gasteiger partial charge in [0.15, 0.2) is 0 Å². The molecule has 0 bridgehead atoms. The first-order chi connectivity index (χ1) is 23.9. The van der Waals surface area contributed by atoms with E-state index in [-0.39, 0.29) is 44.5 Å². The Morgan fingerprint density at radius 2 is 0.556 bits per heavy atom. The second-order valence-electron chi connectivity index (χ2n) is 13.2.